The Hall–Kier alpha value is -0.640. The predicted molar refractivity (Wildman–Crippen MR) is 75.6 cm³/mol. The lowest BCUT2D eigenvalue weighted by atomic mass is 10.0. The summed E-state index contributed by atoms with van der Waals surface area (Å²) in [7, 11) is 0. The molecule has 94 valence electrons. The number of pyridine rings is 1. The molecule has 1 heterocycles. The van der Waals surface area contributed by atoms with E-state index in [4.69, 9.17) is 23.2 Å². The van der Waals surface area contributed by atoms with E-state index >= 15 is 0 Å². The van der Waals surface area contributed by atoms with E-state index in [9.17, 15) is 4.39 Å². The molecule has 0 radical (unpaired) electrons. The molecule has 0 fully saturated rings. The van der Waals surface area contributed by atoms with E-state index in [0.29, 0.717) is 15.9 Å². The van der Waals surface area contributed by atoms with E-state index in [1.165, 1.54) is 12.1 Å². The first kappa shape index (κ1) is 13.8. The highest BCUT2D eigenvalue weighted by Crippen LogP contribution is 2.32. The molecule has 0 aliphatic rings. The van der Waals surface area contributed by atoms with E-state index in [2.05, 4.69) is 20.9 Å². The van der Waals surface area contributed by atoms with E-state index < -0.39 is 0 Å². The van der Waals surface area contributed by atoms with Crippen molar-refractivity contribution in [2.45, 2.75) is 11.8 Å². The van der Waals surface area contributed by atoms with Gasteiger partial charge < -0.3 is 0 Å². The van der Waals surface area contributed by atoms with Crippen LogP contribution in [0.25, 0.3) is 0 Å². The molecule has 1 nitrogen and oxygen atoms in total. The van der Waals surface area contributed by atoms with Crippen LogP contribution in [0.3, 0.4) is 0 Å². The number of hydrogen-bond acceptors (Lipinski definition) is 1. The van der Waals surface area contributed by atoms with E-state index in [1.54, 1.807) is 18.5 Å². The van der Waals surface area contributed by atoms with Gasteiger partial charge in [-0.2, -0.15) is 0 Å². The van der Waals surface area contributed by atoms with Crippen LogP contribution >= 0.6 is 39.1 Å². The maximum absolute atomic E-state index is 13.0. The van der Waals surface area contributed by atoms with E-state index in [0.717, 1.165) is 11.1 Å². The first-order valence-electron chi connectivity index (χ1n) is 5.25. The first-order valence-corrected chi connectivity index (χ1v) is 6.86. The Morgan fingerprint density at radius 1 is 1.33 bits per heavy atom. The van der Waals surface area contributed by atoms with Gasteiger partial charge in [-0.1, -0.05) is 33.6 Å². The molecular formula is C13H9BrCl2FN. The molecule has 1 aromatic heterocycles. The second-order valence-electron chi connectivity index (χ2n) is 3.80. The van der Waals surface area contributed by atoms with Crippen molar-refractivity contribution in [2.24, 2.45) is 0 Å². The van der Waals surface area contributed by atoms with Crippen molar-refractivity contribution in [2.75, 3.05) is 0 Å². The smallest absolute Gasteiger partial charge is 0.124 e. The molecule has 0 spiro atoms. The minimum absolute atomic E-state index is 0.278. The Labute approximate surface area is 123 Å². The van der Waals surface area contributed by atoms with Crippen molar-refractivity contribution in [3.8, 4) is 0 Å². The number of aromatic nitrogens is 1. The van der Waals surface area contributed by atoms with Gasteiger partial charge in [0, 0.05) is 16.9 Å². The zero-order valence-corrected chi connectivity index (χ0v) is 12.3. The Kier molecular flexibility index (Phi) is 4.60. The number of alkyl halides is 1. The van der Waals surface area contributed by atoms with Gasteiger partial charge in [0.1, 0.15) is 5.82 Å². The first-order chi connectivity index (χ1) is 8.58. The van der Waals surface area contributed by atoms with Gasteiger partial charge in [0.2, 0.25) is 0 Å². The standard InChI is InChI=1S/C13H9BrCl2FN/c14-11-6-9(17)1-2-10(11)12(15)5-8-3-4-18-7-13(8)16/h1-4,6-7,12H,5H2. The van der Waals surface area contributed by atoms with Gasteiger partial charge in [-0.05, 0) is 35.7 Å². The van der Waals surface area contributed by atoms with Crippen molar-refractivity contribution in [1.82, 2.24) is 4.98 Å². The fourth-order valence-corrected chi connectivity index (χ4v) is 2.94. The van der Waals surface area contributed by atoms with Crippen molar-refractivity contribution in [3.05, 3.63) is 63.1 Å². The predicted octanol–water partition coefficient (Wildman–Crippen LogP) is 5.16. The number of halogens is 4. The molecule has 0 saturated heterocycles. The number of rotatable bonds is 3. The monoisotopic (exact) mass is 347 g/mol. The molecule has 1 unspecified atom stereocenters. The summed E-state index contributed by atoms with van der Waals surface area (Å²) in [4.78, 5) is 3.92. The SMILES string of the molecule is Fc1ccc(C(Cl)Cc2ccncc2Cl)c(Br)c1. The second kappa shape index (κ2) is 6.00. The largest absolute Gasteiger partial charge is 0.263 e. The van der Waals surface area contributed by atoms with Gasteiger partial charge in [0.15, 0.2) is 0 Å². The van der Waals surface area contributed by atoms with Crippen LogP contribution in [0.1, 0.15) is 16.5 Å². The second-order valence-corrected chi connectivity index (χ2v) is 5.59. The minimum Gasteiger partial charge on any atom is -0.263 e. The summed E-state index contributed by atoms with van der Waals surface area (Å²) >= 11 is 15.7. The van der Waals surface area contributed by atoms with Gasteiger partial charge in [0.25, 0.3) is 0 Å². The Bertz CT molecular complexity index is 562. The average molecular weight is 349 g/mol. The summed E-state index contributed by atoms with van der Waals surface area (Å²) in [6.07, 6.45) is 3.82. The quantitative estimate of drug-likeness (QED) is 0.698. The Morgan fingerprint density at radius 2 is 2.11 bits per heavy atom. The van der Waals surface area contributed by atoms with Crippen LogP contribution in [-0.4, -0.2) is 4.98 Å². The normalized spacial score (nSPS) is 12.4. The van der Waals surface area contributed by atoms with Gasteiger partial charge in [-0.15, -0.1) is 11.6 Å². The summed E-state index contributed by atoms with van der Waals surface area (Å²) in [6.45, 7) is 0. The molecule has 1 aromatic carbocycles. The van der Waals surface area contributed by atoms with Crippen LogP contribution in [0.4, 0.5) is 4.39 Å². The number of hydrogen-bond donors (Lipinski definition) is 0. The lowest BCUT2D eigenvalue weighted by Gasteiger charge is -2.12. The van der Waals surface area contributed by atoms with E-state index in [1.807, 2.05) is 6.07 Å². The zero-order chi connectivity index (χ0) is 13.1. The van der Waals surface area contributed by atoms with Crippen molar-refractivity contribution >= 4 is 39.1 Å². The van der Waals surface area contributed by atoms with Crippen molar-refractivity contribution in [1.29, 1.82) is 0 Å². The highest BCUT2D eigenvalue weighted by Gasteiger charge is 2.14. The maximum atomic E-state index is 13.0. The highest BCUT2D eigenvalue weighted by molar-refractivity contribution is 9.10. The van der Waals surface area contributed by atoms with Crippen LogP contribution in [-0.2, 0) is 6.42 Å². The molecule has 5 heteroatoms. The third kappa shape index (κ3) is 3.22. The lowest BCUT2D eigenvalue weighted by molar-refractivity contribution is 0.625. The van der Waals surface area contributed by atoms with Gasteiger partial charge >= 0.3 is 0 Å². The van der Waals surface area contributed by atoms with Crippen LogP contribution in [0, 0.1) is 5.82 Å². The highest BCUT2D eigenvalue weighted by atomic mass is 79.9. The average Bonchev–Trinajstić information content (AvgIpc) is 2.32. The molecule has 18 heavy (non-hydrogen) atoms. The van der Waals surface area contributed by atoms with Crippen LogP contribution in [0.2, 0.25) is 5.02 Å². The summed E-state index contributed by atoms with van der Waals surface area (Å²) in [5, 5.41) is 0.307. The topological polar surface area (TPSA) is 12.9 Å². The summed E-state index contributed by atoms with van der Waals surface area (Å²) < 4.78 is 13.7. The molecule has 0 amide bonds. The maximum Gasteiger partial charge on any atom is 0.124 e. The van der Waals surface area contributed by atoms with Crippen molar-refractivity contribution < 1.29 is 4.39 Å². The van der Waals surface area contributed by atoms with E-state index in [-0.39, 0.29) is 11.2 Å². The van der Waals surface area contributed by atoms with Gasteiger partial charge in [-0.3, -0.25) is 4.98 Å². The molecule has 0 N–H and O–H groups in total. The Morgan fingerprint density at radius 3 is 2.78 bits per heavy atom. The molecule has 0 bridgehead atoms. The van der Waals surface area contributed by atoms with Gasteiger partial charge in [0.05, 0.1) is 10.4 Å². The summed E-state index contributed by atoms with van der Waals surface area (Å²) in [6, 6.07) is 6.30. The minimum atomic E-state index is -0.295. The number of benzene rings is 1. The Balaban J connectivity index is 2.22. The molecule has 2 rings (SSSR count). The van der Waals surface area contributed by atoms with Crippen LogP contribution in [0.5, 0.6) is 0 Å². The molecule has 2 aromatic rings. The molecule has 0 aliphatic heterocycles. The molecular weight excluding hydrogens is 340 g/mol. The van der Waals surface area contributed by atoms with Crippen LogP contribution in [0.15, 0.2) is 41.1 Å². The zero-order valence-electron chi connectivity index (χ0n) is 9.21. The number of nitrogens with zero attached hydrogens (tertiary/aromatic N) is 1. The van der Waals surface area contributed by atoms with Crippen molar-refractivity contribution in [3.63, 3.8) is 0 Å². The molecule has 1 atom stereocenters. The third-order valence-electron chi connectivity index (χ3n) is 2.56. The van der Waals surface area contributed by atoms with Gasteiger partial charge in [-0.25, -0.2) is 4.39 Å². The summed E-state index contributed by atoms with van der Waals surface area (Å²) in [5.41, 5.74) is 1.76. The summed E-state index contributed by atoms with van der Waals surface area (Å²) in [5.74, 6) is -0.295. The molecule has 0 saturated carbocycles. The van der Waals surface area contributed by atoms with Crippen LogP contribution < -0.4 is 0 Å². The molecule has 0 aliphatic carbocycles. The lowest BCUT2D eigenvalue weighted by Crippen LogP contribution is -1.98. The fourth-order valence-electron chi connectivity index (χ4n) is 1.63. The third-order valence-corrected chi connectivity index (χ3v) is 3.97. The fraction of sp³-hybridized carbons (Fsp3) is 0.154.